The Hall–Kier alpha value is -3.48. The van der Waals surface area contributed by atoms with Gasteiger partial charge in [-0.3, -0.25) is 14.6 Å². The Labute approximate surface area is 245 Å². The van der Waals surface area contributed by atoms with Gasteiger partial charge < -0.3 is 9.47 Å². The number of carbonyl (C=O) groups excluding carboxylic acids is 2. The molecule has 1 fully saturated rings. The number of ether oxygens (including phenoxy) is 2. The van der Waals surface area contributed by atoms with E-state index in [1.54, 1.807) is 4.90 Å². The van der Waals surface area contributed by atoms with Crippen LogP contribution < -0.4 is 0 Å². The van der Waals surface area contributed by atoms with E-state index in [2.05, 4.69) is 41.3 Å². The van der Waals surface area contributed by atoms with Crippen molar-refractivity contribution in [2.45, 2.75) is 84.5 Å². The van der Waals surface area contributed by atoms with Crippen LogP contribution >= 0.6 is 0 Å². The molecule has 3 aromatic carbocycles. The van der Waals surface area contributed by atoms with Crippen molar-refractivity contribution in [2.24, 2.45) is 5.92 Å². The third-order valence-corrected chi connectivity index (χ3v) is 7.75. The fourth-order valence-corrected chi connectivity index (χ4v) is 5.70. The van der Waals surface area contributed by atoms with Crippen molar-refractivity contribution in [1.29, 1.82) is 0 Å². The van der Waals surface area contributed by atoms with Crippen LogP contribution in [-0.4, -0.2) is 51.7 Å². The molecule has 2 atom stereocenters. The smallest absolute Gasteiger partial charge is 0.413 e. The molecule has 0 saturated carbocycles. The first kappa shape index (κ1) is 30.5. The second-order valence-corrected chi connectivity index (χ2v) is 12.4. The topological polar surface area (TPSA) is 59.1 Å². The van der Waals surface area contributed by atoms with Crippen molar-refractivity contribution in [2.75, 3.05) is 6.61 Å². The average molecular weight is 557 g/mol. The van der Waals surface area contributed by atoms with E-state index in [4.69, 9.17) is 9.47 Å². The molecule has 6 heteroatoms. The number of hydrogen-bond acceptors (Lipinski definition) is 5. The lowest BCUT2D eigenvalue weighted by Gasteiger charge is -2.41. The highest BCUT2D eigenvalue weighted by Gasteiger charge is 2.51. The molecule has 0 unspecified atom stereocenters. The molecule has 1 aliphatic rings. The molecular weight excluding hydrogens is 512 g/mol. The number of hydrogen-bond donors (Lipinski definition) is 0. The van der Waals surface area contributed by atoms with E-state index in [-0.39, 0.29) is 11.7 Å². The molecular formula is C35H44N2O4. The standard InChI is InChI=1S/C35H44N2O4/c1-26(2)31(38)32(41-33(39)37-34(3,4)25-40-35(37,5)6)30(22-27-16-10-7-11-17-27)36(23-28-18-12-8-13-19-28)24-29-20-14-9-15-21-29/h7-21,26,30,32H,22-25H2,1-6H3/t30-,32-/m0/s1. The van der Waals surface area contributed by atoms with E-state index < -0.39 is 29.5 Å². The van der Waals surface area contributed by atoms with Crippen LogP contribution in [0.2, 0.25) is 0 Å². The summed E-state index contributed by atoms with van der Waals surface area (Å²) in [7, 11) is 0. The zero-order valence-electron chi connectivity index (χ0n) is 25.2. The molecule has 218 valence electrons. The van der Waals surface area contributed by atoms with Crippen LogP contribution in [0.15, 0.2) is 91.0 Å². The minimum absolute atomic E-state index is 0.0962. The fourth-order valence-electron chi connectivity index (χ4n) is 5.70. The van der Waals surface area contributed by atoms with Gasteiger partial charge in [-0.1, -0.05) is 105 Å². The number of amides is 1. The number of benzene rings is 3. The predicted molar refractivity (Wildman–Crippen MR) is 162 cm³/mol. The van der Waals surface area contributed by atoms with Gasteiger partial charge in [0.2, 0.25) is 0 Å². The molecule has 41 heavy (non-hydrogen) atoms. The zero-order chi connectivity index (χ0) is 29.6. The maximum absolute atomic E-state index is 14.0. The van der Waals surface area contributed by atoms with Crippen LogP contribution in [0.1, 0.15) is 58.2 Å². The monoisotopic (exact) mass is 556 g/mol. The number of carbonyl (C=O) groups is 2. The third kappa shape index (κ3) is 7.63. The average Bonchev–Trinajstić information content (AvgIpc) is 3.18. The Morgan fingerprint density at radius 1 is 0.805 bits per heavy atom. The van der Waals surface area contributed by atoms with Crippen LogP contribution in [0, 0.1) is 5.92 Å². The summed E-state index contributed by atoms with van der Waals surface area (Å²) in [5.74, 6) is -0.418. The van der Waals surface area contributed by atoms with Crippen molar-refractivity contribution in [1.82, 2.24) is 9.80 Å². The summed E-state index contributed by atoms with van der Waals surface area (Å²) >= 11 is 0. The molecule has 0 aromatic heterocycles. The van der Waals surface area contributed by atoms with Crippen LogP contribution in [0.3, 0.4) is 0 Å². The highest BCUT2D eigenvalue weighted by Crippen LogP contribution is 2.36. The molecule has 4 rings (SSSR count). The Kier molecular flexibility index (Phi) is 9.67. The molecule has 3 aromatic rings. The minimum Gasteiger partial charge on any atom is -0.436 e. The van der Waals surface area contributed by atoms with Crippen molar-refractivity contribution in [3.8, 4) is 0 Å². The van der Waals surface area contributed by atoms with Gasteiger partial charge in [0, 0.05) is 19.0 Å². The van der Waals surface area contributed by atoms with Gasteiger partial charge in [-0.25, -0.2) is 4.79 Å². The van der Waals surface area contributed by atoms with Gasteiger partial charge in [0.15, 0.2) is 11.9 Å². The minimum atomic E-state index is -0.984. The van der Waals surface area contributed by atoms with Gasteiger partial charge in [0.05, 0.1) is 18.2 Å². The molecule has 0 aliphatic carbocycles. The van der Waals surface area contributed by atoms with Crippen molar-refractivity contribution >= 4 is 11.9 Å². The molecule has 1 heterocycles. The van der Waals surface area contributed by atoms with Crippen LogP contribution in [0.5, 0.6) is 0 Å². The summed E-state index contributed by atoms with van der Waals surface area (Å²) in [5.41, 5.74) is 1.90. The molecule has 1 aliphatic heterocycles. The van der Waals surface area contributed by atoms with Crippen LogP contribution in [0.25, 0.3) is 0 Å². The number of nitrogens with zero attached hydrogens (tertiary/aromatic N) is 2. The first-order valence-electron chi connectivity index (χ1n) is 14.5. The van der Waals surface area contributed by atoms with E-state index in [0.29, 0.717) is 26.1 Å². The van der Waals surface area contributed by atoms with Gasteiger partial charge in [-0.15, -0.1) is 0 Å². The van der Waals surface area contributed by atoms with E-state index in [0.717, 1.165) is 16.7 Å². The van der Waals surface area contributed by atoms with Gasteiger partial charge in [-0.2, -0.15) is 0 Å². The Bertz CT molecular complexity index is 1220. The van der Waals surface area contributed by atoms with Gasteiger partial charge in [0.1, 0.15) is 5.72 Å². The highest BCUT2D eigenvalue weighted by atomic mass is 16.6. The lowest BCUT2D eigenvalue weighted by Crippen LogP contribution is -2.57. The summed E-state index contributed by atoms with van der Waals surface area (Å²) in [6.45, 7) is 13.0. The Morgan fingerprint density at radius 3 is 1.68 bits per heavy atom. The molecule has 0 N–H and O–H groups in total. The van der Waals surface area contributed by atoms with Crippen molar-refractivity contribution < 1.29 is 19.1 Å². The Balaban J connectivity index is 1.78. The quantitative estimate of drug-likeness (QED) is 0.258. The predicted octanol–water partition coefficient (Wildman–Crippen LogP) is 6.88. The van der Waals surface area contributed by atoms with E-state index in [9.17, 15) is 9.59 Å². The van der Waals surface area contributed by atoms with Crippen molar-refractivity contribution in [3.63, 3.8) is 0 Å². The normalized spacial score (nSPS) is 17.4. The maximum atomic E-state index is 14.0. The molecule has 0 radical (unpaired) electrons. The third-order valence-electron chi connectivity index (χ3n) is 7.75. The molecule has 0 spiro atoms. The van der Waals surface area contributed by atoms with E-state index in [1.165, 1.54) is 0 Å². The molecule has 0 bridgehead atoms. The first-order valence-corrected chi connectivity index (χ1v) is 14.5. The fraction of sp³-hybridized carbons (Fsp3) is 0.429. The van der Waals surface area contributed by atoms with E-state index in [1.807, 2.05) is 96.1 Å². The summed E-state index contributed by atoms with van der Waals surface area (Å²) in [6.07, 6.45) is -0.975. The van der Waals surface area contributed by atoms with Gasteiger partial charge >= 0.3 is 6.09 Å². The second kappa shape index (κ2) is 13.0. The van der Waals surface area contributed by atoms with Crippen LogP contribution in [-0.2, 0) is 33.8 Å². The number of ketones is 1. The van der Waals surface area contributed by atoms with Gasteiger partial charge in [-0.05, 0) is 50.8 Å². The highest BCUT2D eigenvalue weighted by molar-refractivity contribution is 5.88. The lowest BCUT2D eigenvalue weighted by molar-refractivity contribution is -0.137. The number of rotatable bonds is 11. The Morgan fingerprint density at radius 2 is 1.27 bits per heavy atom. The zero-order valence-corrected chi connectivity index (χ0v) is 25.2. The number of Topliss-reactive ketones (excluding diaryl/α,β-unsaturated/α-hetero) is 1. The second-order valence-electron chi connectivity index (χ2n) is 12.4. The lowest BCUT2D eigenvalue weighted by atomic mass is 9.91. The summed E-state index contributed by atoms with van der Waals surface area (Å²) in [6, 6.07) is 30.2. The largest absolute Gasteiger partial charge is 0.436 e. The summed E-state index contributed by atoms with van der Waals surface area (Å²) in [4.78, 5) is 31.9. The molecule has 6 nitrogen and oxygen atoms in total. The van der Waals surface area contributed by atoms with Crippen LogP contribution in [0.4, 0.5) is 4.79 Å². The summed E-state index contributed by atoms with van der Waals surface area (Å²) in [5, 5.41) is 0. The summed E-state index contributed by atoms with van der Waals surface area (Å²) < 4.78 is 12.3. The molecule has 1 amide bonds. The van der Waals surface area contributed by atoms with Gasteiger partial charge in [0.25, 0.3) is 0 Å². The van der Waals surface area contributed by atoms with Crippen molar-refractivity contribution in [3.05, 3.63) is 108 Å². The molecule has 1 saturated heterocycles. The SMILES string of the molecule is CC(C)C(=O)[C@@H](OC(=O)N1C(C)(C)COC1(C)C)[C@H](Cc1ccccc1)N(Cc1ccccc1)Cc1ccccc1. The van der Waals surface area contributed by atoms with E-state index >= 15 is 0 Å². The maximum Gasteiger partial charge on any atom is 0.413 e. The first-order chi connectivity index (χ1) is 19.5.